The average Bonchev–Trinajstić information content (AvgIpc) is 2.71. The van der Waals surface area contributed by atoms with Gasteiger partial charge in [-0.1, -0.05) is 48.5 Å². The molecule has 2 aromatic carbocycles. The van der Waals surface area contributed by atoms with Crippen LogP contribution in [0, 0.1) is 0 Å². The van der Waals surface area contributed by atoms with Crippen molar-refractivity contribution in [2.45, 2.75) is 26.0 Å². The van der Waals surface area contributed by atoms with Gasteiger partial charge in [0.2, 0.25) is 5.91 Å². The number of amides is 1. The first-order valence-corrected chi connectivity index (χ1v) is 8.71. The molecule has 1 aromatic heterocycles. The van der Waals surface area contributed by atoms with Crippen LogP contribution in [0.2, 0.25) is 0 Å². The van der Waals surface area contributed by atoms with Crippen molar-refractivity contribution in [3.05, 3.63) is 95.8 Å². The van der Waals surface area contributed by atoms with E-state index in [4.69, 9.17) is 4.74 Å². The van der Waals surface area contributed by atoms with Crippen molar-refractivity contribution >= 4 is 5.91 Å². The van der Waals surface area contributed by atoms with Crippen molar-refractivity contribution in [3.63, 3.8) is 0 Å². The molecule has 4 nitrogen and oxygen atoms in total. The van der Waals surface area contributed by atoms with E-state index in [2.05, 4.69) is 10.3 Å². The molecule has 132 valence electrons. The zero-order chi connectivity index (χ0) is 18.0. The van der Waals surface area contributed by atoms with Gasteiger partial charge < -0.3 is 10.1 Å². The molecule has 0 fully saturated rings. The molecule has 0 spiro atoms. The summed E-state index contributed by atoms with van der Waals surface area (Å²) in [6.45, 7) is 1.01. The highest BCUT2D eigenvalue weighted by Gasteiger charge is 2.03. The summed E-state index contributed by atoms with van der Waals surface area (Å²) in [6, 6.07) is 21.7. The fraction of sp³-hybridized carbons (Fsp3) is 0.182. The van der Waals surface area contributed by atoms with Crippen LogP contribution in [-0.2, 0) is 24.4 Å². The van der Waals surface area contributed by atoms with Crippen molar-refractivity contribution in [2.24, 2.45) is 0 Å². The highest BCUT2D eigenvalue weighted by Crippen LogP contribution is 2.14. The number of aryl methyl sites for hydroxylation is 1. The average molecular weight is 346 g/mol. The van der Waals surface area contributed by atoms with E-state index in [-0.39, 0.29) is 5.91 Å². The molecule has 1 heterocycles. The molecule has 0 saturated carbocycles. The Hall–Kier alpha value is -3.14. The number of carbonyl (C=O) groups is 1. The maximum atomic E-state index is 12.0. The second-order valence-electron chi connectivity index (χ2n) is 6.06. The van der Waals surface area contributed by atoms with Crippen LogP contribution < -0.4 is 10.1 Å². The van der Waals surface area contributed by atoms with Crippen LogP contribution >= 0.6 is 0 Å². The zero-order valence-corrected chi connectivity index (χ0v) is 14.6. The van der Waals surface area contributed by atoms with E-state index >= 15 is 0 Å². The normalized spacial score (nSPS) is 10.3. The lowest BCUT2D eigenvalue weighted by atomic mass is 10.1. The van der Waals surface area contributed by atoms with Crippen LogP contribution in [0.5, 0.6) is 5.75 Å². The maximum absolute atomic E-state index is 12.0. The summed E-state index contributed by atoms with van der Waals surface area (Å²) in [5.41, 5.74) is 3.26. The third-order valence-electron chi connectivity index (χ3n) is 4.02. The number of pyridine rings is 1. The Balaban J connectivity index is 1.40. The molecule has 3 aromatic rings. The topological polar surface area (TPSA) is 51.2 Å². The fourth-order valence-electron chi connectivity index (χ4n) is 2.55. The first-order valence-electron chi connectivity index (χ1n) is 8.71. The lowest BCUT2D eigenvalue weighted by Gasteiger charge is -2.08. The molecule has 0 saturated heterocycles. The van der Waals surface area contributed by atoms with Gasteiger partial charge in [0.05, 0.1) is 0 Å². The number of aromatic nitrogens is 1. The first-order chi connectivity index (χ1) is 12.8. The van der Waals surface area contributed by atoms with Gasteiger partial charge in [0.25, 0.3) is 0 Å². The minimum absolute atomic E-state index is 0.0609. The third kappa shape index (κ3) is 5.74. The van der Waals surface area contributed by atoms with E-state index in [9.17, 15) is 4.79 Å². The Morgan fingerprint density at radius 3 is 2.38 bits per heavy atom. The number of nitrogens with zero attached hydrogens (tertiary/aromatic N) is 1. The summed E-state index contributed by atoms with van der Waals surface area (Å²) in [5, 5.41) is 2.96. The molecule has 4 heteroatoms. The molecule has 0 bridgehead atoms. The Morgan fingerprint density at radius 1 is 0.885 bits per heavy atom. The number of rotatable bonds is 8. The van der Waals surface area contributed by atoms with Gasteiger partial charge in [-0.05, 0) is 35.7 Å². The van der Waals surface area contributed by atoms with Gasteiger partial charge in [0, 0.05) is 30.9 Å². The molecule has 0 atom stereocenters. The number of hydrogen-bond donors (Lipinski definition) is 1. The highest BCUT2D eigenvalue weighted by atomic mass is 16.5. The summed E-state index contributed by atoms with van der Waals surface area (Å²) in [6.07, 6.45) is 4.79. The summed E-state index contributed by atoms with van der Waals surface area (Å²) in [7, 11) is 0. The minimum atomic E-state index is 0.0609. The van der Waals surface area contributed by atoms with E-state index in [0.717, 1.165) is 23.3 Å². The Morgan fingerprint density at radius 2 is 1.65 bits per heavy atom. The van der Waals surface area contributed by atoms with Crippen LogP contribution in [0.25, 0.3) is 0 Å². The highest BCUT2D eigenvalue weighted by molar-refractivity contribution is 5.76. The maximum Gasteiger partial charge on any atom is 0.220 e. The van der Waals surface area contributed by atoms with E-state index in [1.54, 1.807) is 12.4 Å². The van der Waals surface area contributed by atoms with Gasteiger partial charge in [-0.25, -0.2) is 0 Å². The molecule has 0 radical (unpaired) electrons. The number of ether oxygens (including phenoxy) is 1. The van der Waals surface area contributed by atoms with Crippen molar-refractivity contribution < 1.29 is 9.53 Å². The van der Waals surface area contributed by atoms with E-state index < -0.39 is 0 Å². The fourth-order valence-corrected chi connectivity index (χ4v) is 2.55. The van der Waals surface area contributed by atoms with Gasteiger partial charge >= 0.3 is 0 Å². The molecule has 3 rings (SSSR count). The molecule has 0 unspecified atom stereocenters. The van der Waals surface area contributed by atoms with Crippen LogP contribution in [0.15, 0.2) is 79.1 Å². The molecular weight excluding hydrogens is 324 g/mol. The van der Waals surface area contributed by atoms with Crippen molar-refractivity contribution in [2.75, 3.05) is 0 Å². The molecule has 1 amide bonds. The van der Waals surface area contributed by atoms with Crippen LogP contribution in [0.1, 0.15) is 23.1 Å². The Bertz CT molecular complexity index is 803. The quantitative estimate of drug-likeness (QED) is 0.673. The standard InChI is InChI=1S/C22H22N2O2/c25-22(13-10-18-5-2-1-3-6-18)24-16-19-8-11-21(12-9-19)26-17-20-7-4-14-23-15-20/h1-9,11-12,14-15H,10,13,16-17H2,(H,24,25). The molecule has 0 aliphatic rings. The van der Waals surface area contributed by atoms with E-state index in [1.807, 2.05) is 66.7 Å². The SMILES string of the molecule is O=C(CCc1ccccc1)NCc1ccc(OCc2cccnc2)cc1. The van der Waals surface area contributed by atoms with E-state index in [1.165, 1.54) is 5.56 Å². The third-order valence-corrected chi connectivity index (χ3v) is 4.02. The smallest absolute Gasteiger partial charge is 0.220 e. The number of carbonyl (C=O) groups excluding carboxylic acids is 1. The van der Waals surface area contributed by atoms with Crippen LogP contribution in [-0.4, -0.2) is 10.9 Å². The second kappa shape index (κ2) is 9.37. The van der Waals surface area contributed by atoms with E-state index in [0.29, 0.717) is 19.6 Å². The minimum Gasteiger partial charge on any atom is -0.489 e. The van der Waals surface area contributed by atoms with Gasteiger partial charge in [-0.2, -0.15) is 0 Å². The van der Waals surface area contributed by atoms with Gasteiger partial charge in [0.1, 0.15) is 12.4 Å². The molecule has 0 aliphatic carbocycles. The molecule has 26 heavy (non-hydrogen) atoms. The lowest BCUT2D eigenvalue weighted by Crippen LogP contribution is -2.22. The van der Waals surface area contributed by atoms with Crippen molar-refractivity contribution in [1.82, 2.24) is 10.3 Å². The number of nitrogens with one attached hydrogen (secondary N) is 1. The Labute approximate surface area is 153 Å². The second-order valence-corrected chi connectivity index (χ2v) is 6.06. The molecular formula is C22H22N2O2. The van der Waals surface area contributed by atoms with Gasteiger partial charge in [-0.15, -0.1) is 0 Å². The predicted molar refractivity (Wildman–Crippen MR) is 102 cm³/mol. The number of benzene rings is 2. The molecule has 1 N–H and O–H groups in total. The van der Waals surface area contributed by atoms with Crippen molar-refractivity contribution in [1.29, 1.82) is 0 Å². The van der Waals surface area contributed by atoms with Crippen LogP contribution in [0.3, 0.4) is 0 Å². The monoisotopic (exact) mass is 346 g/mol. The summed E-state index contributed by atoms with van der Waals surface area (Å²) >= 11 is 0. The molecule has 0 aliphatic heterocycles. The zero-order valence-electron chi connectivity index (χ0n) is 14.6. The lowest BCUT2D eigenvalue weighted by molar-refractivity contribution is -0.121. The summed E-state index contributed by atoms with van der Waals surface area (Å²) < 4.78 is 5.73. The number of hydrogen-bond acceptors (Lipinski definition) is 3. The summed E-state index contributed by atoms with van der Waals surface area (Å²) in [4.78, 5) is 16.0. The predicted octanol–water partition coefficient (Wildman–Crippen LogP) is 3.91. The van der Waals surface area contributed by atoms with Crippen LogP contribution in [0.4, 0.5) is 0 Å². The Kier molecular flexibility index (Phi) is 6.37. The van der Waals surface area contributed by atoms with Gasteiger partial charge in [-0.3, -0.25) is 9.78 Å². The van der Waals surface area contributed by atoms with Gasteiger partial charge in [0.15, 0.2) is 0 Å². The van der Waals surface area contributed by atoms with Crippen molar-refractivity contribution in [3.8, 4) is 5.75 Å². The summed E-state index contributed by atoms with van der Waals surface area (Å²) in [5.74, 6) is 0.860. The largest absolute Gasteiger partial charge is 0.489 e. The first kappa shape index (κ1) is 17.7.